The molecule has 0 saturated heterocycles. The summed E-state index contributed by atoms with van der Waals surface area (Å²) in [5, 5.41) is 7.53. The minimum Gasteiger partial charge on any atom is -0.483 e. The Labute approximate surface area is 173 Å². The predicted molar refractivity (Wildman–Crippen MR) is 114 cm³/mol. The maximum atomic E-state index is 12.4. The summed E-state index contributed by atoms with van der Waals surface area (Å²) in [5.74, 6) is -0.411. The number of aryl methyl sites for hydroxylation is 1. The fourth-order valence-corrected chi connectivity index (χ4v) is 3.11. The van der Waals surface area contributed by atoms with Crippen LogP contribution in [0, 0.1) is 6.92 Å². The highest BCUT2D eigenvalue weighted by Crippen LogP contribution is 2.29. The van der Waals surface area contributed by atoms with Gasteiger partial charge in [0, 0.05) is 10.9 Å². The summed E-state index contributed by atoms with van der Waals surface area (Å²) in [7, 11) is 0. The zero-order valence-electron chi connectivity index (χ0n) is 16.3. The molecule has 2 amide bonds. The molecule has 0 unspecified atom stereocenters. The van der Waals surface area contributed by atoms with Gasteiger partial charge in [0.25, 0.3) is 11.8 Å². The van der Waals surface area contributed by atoms with E-state index in [4.69, 9.17) is 4.74 Å². The molecule has 150 valence electrons. The molecule has 0 radical (unpaired) electrons. The number of H-pyrrole nitrogens is 1. The van der Waals surface area contributed by atoms with Crippen LogP contribution >= 0.6 is 0 Å². The van der Waals surface area contributed by atoms with Gasteiger partial charge >= 0.3 is 0 Å². The molecule has 0 aliphatic heterocycles. The Morgan fingerprint density at radius 3 is 2.57 bits per heavy atom. The molecule has 0 aliphatic rings. The quantitative estimate of drug-likeness (QED) is 0.448. The minimum absolute atomic E-state index is 0.212. The summed E-state index contributed by atoms with van der Waals surface area (Å²) in [6.07, 6.45) is 0. The van der Waals surface area contributed by atoms with Crippen molar-refractivity contribution in [3.05, 3.63) is 84.1 Å². The topological polar surface area (TPSA) is 96.1 Å². The number of hydrazine groups is 1. The lowest BCUT2D eigenvalue weighted by atomic mass is 10.1. The van der Waals surface area contributed by atoms with E-state index in [1.165, 1.54) is 0 Å². The molecule has 3 aromatic carbocycles. The maximum Gasteiger partial charge on any atom is 0.290 e. The molecule has 7 nitrogen and oxygen atoms in total. The van der Waals surface area contributed by atoms with Crippen molar-refractivity contribution in [3.63, 3.8) is 0 Å². The van der Waals surface area contributed by atoms with Crippen molar-refractivity contribution in [1.82, 2.24) is 21.0 Å². The fraction of sp³-hybridized carbons (Fsp3) is 0.0870. The fourth-order valence-electron chi connectivity index (χ4n) is 3.11. The smallest absolute Gasteiger partial charge is 0.290 e. The minimum atomic E-state index is -0.509. The molecule has 0 saturated carbocycles. The highest BCUT2D eigenvalue weighted by atomic mass is 16.5. The second kappa shape index (κ2) is 8.48. The number of nitrogens with zero attached hydrogens (tertiary/aromatic N) is 1. The van der Waals surface area contributed by atoms with Crippen molar-refractivity contribution in [2.24, 2.45) is 0 Å². The molecule has 3 N–H and O–H groups in total. The number of ether oxygens (including phenoxy) is 1. The lowest BCUT2D eigenvalue weighted by molar-refractivity contribution is -0.123. The van der Waals surface area contributed by atoms with Gasteiger partial charge in [-0.05, 0) is 30.7 Å². The molecule has 1 heterocycles. The summed E-state index contributed by atoms with van der Waals surface area (Å²) in [6, 6.07) is 22.9. The Bertz CT molecular complexity index is 1200. The zero-order chi connectivity index (χ0) is 20.9. The molecule has 7 heteroatoms. The van der Waals surface area contributed by atoms with Gasteiger partial charge in [0.2, 0.25) is 0 Å². The van der Waals surface area contributed by atoms with Gasteiger partial charge in [-0.25, -0.2) is 0 Å². The zero-order valence-corrected chi connectivity index (χ0v) is 16.3. The van der Waals surface area contributed by atoms with Gasteiger partial charge in [-0.2, -0.15) is 5.10 Å². The second-order valence-corrected chi connectivity index (χ2v) is 6.77. The molecule has 4 aromatic rings. The number of fused-ring (bicyclic) bond motifs is 1. The average Bonchev–Trinajstić information content (AvgIpc) is 3.20. The highest BCUT2D eigenvalue weighted by Gasteiger charge is 2.15. The van der Waals surface area contributed by atoms with E-state index in [1.54, 1.807) is 6.07 Å². The van der Waals surface area contributed by atoms with E-state index in [-0.39, 0.29) is 12.3 Å². The van der Waals surface area contributed by atoms with Crippen LogP contribution in [-0.2, 0) is 4.79 Å². The number of para-hydroxylation sites is 1. The maximum absolute atomic E-state index is 12.4. The molecule has 30 heavy (non-hydrogen) atoms. The Balaban J connectivity index is 1.37. The van der Waals surface area contributed by atoms with Crippen molar-refractivity contribution >= 4 is 22.7 Å². The van der Waals surface area contributed by atoms with Crippen LogP contribution in [0.3, 0.4) is 0 Å². The van der Waals surface area contributed by atoms with Crippen LogP contribution in [0.5, 0.6) is 5.75 Å². The van der Waals surface area contributed by atoms with E-state index >= 15 is 0 Å². The second-order valence-electron chi connectivity index (χ2n) is 6.77. The molecule has 0 atom stereocenters. The van der Waals surface area contributed by atoms with Gasteiger partial charge in [-0.3, -0.25) is 25.5 Å². The number of amides is 2. The van der Waals surface area contributed by atoms with E-state index in [2.05, 4.69) is 21.0 Å². The van der Waals surface area contributed by atoms with Gasteiger partial charge < -0.3 is 4.74 Å². The summed E-state index contributed by atoms with van der Waals surface area (Å²) in [6.45, 7) is 1.69. The first-order valence-electron chi connectivity index (χ1n) is 9.43. The standard InChI is InChI=1S/C23H20N4O3/c1-15-11-12-19-18(13-15)22(26-24-19)23(29)27-25-21(28)14-30-20-10-6-5-9-17(20)16-7-3-2-4-8-16/h2-13H,14H2,1H3,(H,24,26)(H,25,28)(H,27,29). The lowest BCUT2D eigenvalue weighted by Gasteiger charge is -2.12. The number of carbonyl (C=O) groups is 2. The SMILES string of the molecule is Cc1ccc2[nH]nc(C(=O)NNC(=O)COc3ccccc3-c3ccccc3)c2c1. The summed E-state index contributed by atoms with van der Waals surface area (Å²) < 4.78 is 5.68. The Kier molecular flexibility index (Phi) is 5.43. The van der Waals surface area contributed by atoms with Crippen LogP contribution in [0.2, 0.25) is 0 Å². The van der Waals surface area contributed by atoms with E-state index < -0.39 is 11.8 Å². The first-order chi connectivity index (χ1) is 14.6. The summed E-state index contributed by atoms with van der Waals surface area (Å²) >= 11 is 0. The third-order valence-electron chi connectivity index (χ3n) is 4.58. The van der Waals surface area contributed by atoms with Gasteiger partial charge in [-0.15, -0.1) is 0 Å². The highest BCUT2D eigenvalue weighted by molar-refractivity contribution is 6.05. The first kappa shape index (κ1) is 19.2. The number of benzene rings is 3. The van der Waals surface area contributed by atoms with Crippen LogP contribution in [0.25, 0.3) is 22.0 Å². The van der Waals surface area contributed by atoms with Gasteiger partial charge in [0.15, 0.2) is 12.3 Å². The molecule has 0 bridgehead atoms. The van der Waals surface area contributed by atoms with Crippen LogP contribution < -0.4 is 15.6 Å². The monoisotopic (exact) mass is 400 g/mol. The first-order valence-corrected chi connectivity index (χ1v) is 9.43. The number of aromatic amines is 1. The van der Waals surface area contributed by atoms with Gasteiger partial charge in [0.05, 0.1) is 5.52 Å². The van der Waals surface area contributed by atoms with Crippen molar-refractivity contribution < 1.29 is 14.3 Å². The third-order valence-corrected chi connectivity index (χ3v) is 4.58. The van der Waals surface area contributed by atoms with E-state index in [0.717, 1.165) is 22.2 Å². The molecule has 0 aliphatic carbocycles. The molecular formula is C23H20N4O3. The normalized spacial score (nSPS) is 10.6. The summed E-state index contributed by atoms with van der Waals surface area (Å²) in [4.78, 5) is 24.6. The largest absolute Gasteiger partial charge is 0.483 e. The Hall–Kier alpha value is -4.13. The number of hydrogen-bond acceptors (Lipinski definition) is 4. The van der Waals surface area contributed by atoms with Crippen molar-refractivity contribution in [1.29, 1.82) is 0 Å². The van der Waals surface area contributed by atoms with Crippen LogP contribution in [0.15, 0.2) is 72.8 Å². The van der Waals surface area contributed by atoms with Crippen LogP contribution in [-0.4, -0.2) is 28.6 Å². The van der Waals surface area contributed by atoms with Crippen molar-refractivity contribution in [3.8, 4) is 16.9 Å². The lowest BCUT2D eigenvalue weighted by Crippen LogP contribution is -2.44. The Morgan fingerprint density at radius 2 is 1.73 bits per heavy atom. The van der Waals surface area contributed by atoms with Gasteiger partial charge in [0.1, 0.15) is 5.75 Å². The molecular weight excluding hydrogens is 380 g/mol. The van der Waals surface area contributed by atoms with E-state index in [9.17, 15) is 9.59 Å². The van der Waals surface area contributed by atoms with Crippen molar-refractivity contribution in [2.45, 2.75) is 6.92 Å². The number of hydrogen-bond donors (Lipinski definition) is 3. The average molecular weight is 400 g/mol. The number of nitrogens with one attached hydrogen (secondary N) is 3. The third kappa shape index (κ3) is 4.15. The number of aromatic nitrogens is 2. The summed E-state index contributed by atoms with van der Waals surface area (Å²) in [5.41, 5.74) is 8.58. The molecule has 1 aromatic heterocycles. The molecule has 4 rings (SSSR count). The van der Waals surface area contributed by atoms with E-state index in [1.807, 2.05) is 73.7 Å². The number of carbonyl (C=O) groups excluding carboxylic acids is 2. The van der Waals surface area contributed by atoms with E-state index in [0.29, 0.717) is 11.1 Å². The van der Waals surface area contributed by atoms with Gasteiger partial charge in [-0.1, -0.05) is 60.2 Å². The van der Waals surface area contributed by atoms with Crippen LogP contribution in [0.4, 0.5) is 0 Å². The molecule has 0 fully saturated rings. The molecule has 0 spiro atoms. The Morgan fingerprint density at radius 1 is 0.967 bits per heavy atom. The van der Waals surface area contributed by atoms with Crippen molar-refractivity contribution in [2.75, 3.05) is 6.61 Å². The van der Waals surface area contributed by atoms with Crippen LogP contribution in [0.1, 0.15) is 16.1 Å². The predicted octanol–water partition coefficient (Wildman–Crippen LogP) is 3.38. The number of rotatable bonds is 5.